The van der Waals surface area contributed by atoms with Crippen LogP contribution in [0, 0.1) is 5.41 Å². The molecule has 1 nitrogen and oxygen atoms in total. The molecular weight excluding hydrogens is 215 g/mol. The summed E-state index contributed by atoms with van der Waals surface area (Å²) in [6.45, 7) is 0. The number of alkyl halides is 3. The summed E-state index contributed by atoms with van der Waals surface area (Å²) >= 11 is 0. The van der Waals surface area contributed by atoms with Crippen molar-refractivity contribution in [3.05, 3.63) is 12.2 Å². The second-order valence-electron chi connectivity index (χ2n) is 4.22. The normalized spacial score (nSPS) is 40.9. The Bertz CT molecular complexity index is 251. The van der Waals surface area contributed by atoms with Crippen molar-refractivity contribution in [2.24, 2.45) is 11.1 Å². The first-order valence-corrected chi connectivity index (χ1v) is 4.43. The molecule has 3 aliphatic carbocycles. The lowest BCUT2D eigenvalue weighted by molar-refractivity contribution is -0.220. The minimum Gasteiger partial charge on any atom is -0.322 e. The van der Waals surface area contributed by atoms with E-state index in [1.807, 2.05) is 0 Å². The summed E-state index contributed by atoms with van der Waals surface area (Å²) in [6.07, 6.45) is -0.0439. The molecule has 0 radical (unpaired) electrons. The quantitative estimate of drug-likeness (QED) is 0.633. The summed E-state index contributed by atoms with van der Waals surface area (Å²) < 4.78 is 38.0. The molecule has 14 heavy (non-hydrogen) atoms. The number of hydrogen-bond donors (Lipinski definition) is 1. The molecule has 0 amide bonds. The number of nitrogens with two attached hydrogens (primary N) is 1. The van der Waals surface area contributed by atoms with Gasteiger partial charge >= 0.3 is 6.18 Å². The number of allylic oxidation sites excluding steroid dienone is 1. The van der Waals surface area contributed by atoms with E-state index < -0.39 is 17.1 Å². The van der Waals surface area contributed by atoms with E-state index in [1.54, 1.807) is 6.08 Å². The zero-order valence-corrected chi connectivity index (χ0v) is 8.42. The van der Waals surface area contributed by atoms with E-state index in [1.165, 1.54) is 6.08 Å². The van der Waals surface area contributed by atoms with Crippen LogP contribution in [0.15, 0.2) is 12.2 Å². The van der Waals surface area contributed by atoms with Crippen molar-refractivity contribution in [1.82, 2.24) is 0 Å². The maximum absolute atomic E-state index is 12.7. The van der Waals surface area contributed by atoms with E-state index in [0.717, 1.165) is 0 Å². The van der Waals surface area contributed by atoms with E-state index in [0.29, 0.717) is 12.8 Å². The van der Waals surface area contributed by atoms with Crippen molar-refractivity contribution >= 4 is 12.4 Å². The summed E-state index contributed by atoms with van der Waals surface area (Å²) in [5.41, 5.74) is 3.83. The van der Waals surface area contributed by atoms with Gasteiger partial charge in [0.25, 0.3) is 0 Å². The molecule has 0 aromatic heterocycles. The molecule has 3 aliphatic rings. The van der Waals surface area contributed by atoms with Crippen molar-refractivity contribution < 1.29 is 13.2 Å². The van der Waals surface area contributed by atoms with Gasteiger partial charge in [-0.1, -0.05) is 12.2 Å². The Labute approximate surface area is 86.9 Å². The van der Waals surface area contributed by atoms with Crippen LogP contribution < -0.4 is 5.73 Å². The second kappa shape index (κ2) is 3.14. The maximum Gasteiger partial charge on any atom is 0.397 e. The van der Waals surface area contributed by atoms with Gasteiger partial charge in [-0.2, -0.15) is 13.2 Å². The number of halogens is 4. The maximum atomic E-state index is 12.7. The summed E-state index contributed by atoms with van der Waals surface area (Å²) in [6, 6.07) is 0. The van der Waals surface area contributed by atoms with Gasteiger partial charge in [0, 0.05) is 5.54 Å². The highest BCUT2D eigenvalue weighted by molar-refractivity contribution is 5.85. The molecule has 0 spiro atoms. The van der Waals surface area contributed by atoms with Crippen LogP contribution in [0.1, 0.15) is 25.7 Å². The van der Waals surface area contributed by atoms with Crippen LogP contribution in [-0.4, -0.2) is 11.7 Å². The molecule has 0 aromatic carbocycles. The fourth-order valence-electron chi connectivity index (χ4n) is 2.20. The Morgan fingerprint density at radius 1 is 1.00 bits per heavy atom. The minimum absolute atomic E-state index is 0. The van der Waals surface area contributed by atoms with Gasteiger partial charge in [0.05, 0.1) is 5.41 Å². The SMILES string of the molecule is Cl.NC12C=CC(C(F)(F)F)(CC1)CC2. The van der Waals surface area contributed by atoms with Crippen LogP contribution in [-0.2, 0) is 0 Å². The molecular formula is C9H13ClF3N. The molecule has 0 atom stereocenters. The Morgan fingerprint density at radius 2 is 1.50 bits per heavy atom. The molecule has 82 valence electrons. The summed E-state index contributed by atoms with van der Waals surface area (Å²) in [5, 5.41) is 0. The predicted molar refractivity (Wildman–Crippen MR) is 50.3 cm³/mol. The van der Waals surface area contributed by atoms with Crippen LogP contribution in [0.3, 0.4) is 0 Å². The van der Waals surface area contributed by atoms with Gasteiger partial charge in [0.15, 0.2) is 0 Å². The fourth-order valence-corrected chi connectivity index (χ4v) is 2.20. The molecule has 0 aromatic rings. The van der Waals surface area contributed by atoms with Crippen LogP contribution >= 0.6 is 12.4 Å². The predicted octanol–water partition coefficient (Wildman–Crippen LogP) is 2.80. The first-order valence-electron chi connectivity index (χ1n) is 4.43. The molecule has 0 aliphatic heterocycles. The fraction of sp³-hybridized carbons (Fsp3) is 0.778. The van der Waals surface area contributed by atoms with Crippen LogP contribution in [0.25, 0.3) is 0 Å². The third-order valence-electron chi connectivity index (χ3n) is 3.37. The summed E-state index contributed by atoms with van der Waals surface area (Å²) in [4.78, 5) is 0. The highest BCUT2D eigenvalue weighted by Gasteiger charge is 2.57. The number of fused-ring (bicyclic) bond motifs is 2. The van der Waals surface area contributed by atoms with Crippen LogP contribution in [0.5, 0.6) is 0 Å². The smallest absolute Gasteiger partial charge is 0.322 e. The highest BCUT2D eigenvalue weighted by atomic mass is 35.5. The molecule has 2 bridgehead atoms. The monoisotopic (exact) mass is 227 g/mol. The van der Waals surface area contributed by atoms with Gasteiger partial charge in [-0.25, -0.2) is 0 Å². The van der Waals surface area contributed by atoms with E-state index in [9.17, 15) is 13.2 Å². The van der Waals surface area contributed by atoms with Crippen LogP contribution in [0.2, 0.25) is 0 Å². The number of rotatable bonds is 0. The van der Waals surface area contributed by atoms with Gasteiger partial charge in [-0.05, 0) is 25.7 Å². The van der Waals surface area contributed by atoms with E-state index in [4.69, 9.17) is 5.73 Å². The van der Waals surface area contributed by atoms with Gasteiger partial charge in [0.2, 0.25) is 0 Å². The largest absolute Gasteiger partial charge is 0.397 e. The van der Waals surface area contributed by atoms with Crippen molar-refractivity contribution in [2.45, 2.75) is 37.4 Å². The van der Waals surface area contributed by atoms with Crippen molar-refractivity contribution in [1.29, 1.82) is 0 Å². The van der Waals surface area contributed by atoms with Gasteiger partial charge in [0.1, 0.15) is 0 Å². The molecule has 0 saturated heterocycles. The molecule has 0 heterocycles. The summed E-state index contributed by atoms with van der Waals surface area (Å²) in [7, 11) is 0. The number of hydrogen-bond acceptors (Lipinski definition) is 1. The lowest BCUT2D eigenvalue weighted by atomic mass is 9.62. The van der Waals surface area contributed by atoms with Gasteiger partial charge in [-0.3, -0.25) is 0 Å². The van der Waals surface area contributed by atoms with Crippen LogP contribution in [0.4, 0.5) is 13.2 Å². The first kappa shape index (κ1) is 11.9. The zero-order valence-electron chi connectivity index (χ0n) is 7.60. The van der Waals surface area contributed by atoms with E-state index >= 15 is 0 Å². The topological polar surface area (TPSA) is 26.0 Å². The first-order chi connectivity index (χ1) is 5.87. The Balaban J connectivity index is 0.000000980. The summed E-state index contributed by atoms with van der Waals surface area (Å²) in [5.74, 6) is 0. The van der Waals surface area contributed by atoms with Crippen molar-refractivity contribution in [3.8, 4) is 0 Å². The lowest BCUT2D eigenvalue weighted by Gasteiger charge is -2.47. The minimum atomic E-state index is -4.11. The van der Waals surface area contributed by atoms with Gasteiger partial charge in [-0.15, -0.1) is 12.4 Å². The molecule has 0 unspecified atom stereocenters. The van der Waals surface area contributed by atoms with Crippen molar-refractivity contribution in [2.75, 3.05) is 0 Å². The highest BCUT2D eigenvalue weighted by Crippen LogP contribution is 2.55. The third kappa shape index (κ3) is 1.54. The molecule has 5 heteroatoms. The average molecular weight is 228 g/mol. The Morgan fingerprint density at radius 3 is 1.79 bits per heavy atom. The molecule has 1 saturated carbocycles. The lowest BCUT2D eigenvalue weighted by Crippen LogP contribution is -2.52. The standard InChI is InChI=1S/C9H12F3N.ClH/c10-9(11,12)7-1-4-8(13,5-2-7)6-3-7;/h1,4H,2-3,5-6,13H2;1H. The van der Waals surface area contributed by atoms with Gasteiger partial charge < -0.3 is 5.73 Å². The zero-order chi connectivity index (χ0) is 9.74. The second-order valence-corrected chi connectivity index (χ2v) is 4.22. The average Bonchev–Trinajstić information content (AvgIpc) is 2.04. The Kier molecular flexibility index (Phi) is 2.66. The molecule has 3 rings (SSSR count). The molecule has 1 fully saturated rings. The van der Waals surface area contributed by atoms with Crippen molar-refractivity contribution in [3.63, 3.8) is 0 Å². The third-order valence-corrected chi connectivity index (χ3v) is 3.37. The van der Waals surface area contributed by atoms with E-state index in [2.05, 4.69) is 0 Å². The Hall–Kier alpha value is -0.220. The van der Waals surface area contributed by atoms with E-state index in [-0.39, 0.29) is 25.2 Å². The molecule has 2 N–H and O–H groups in total.